The van der Waals surface area contributed by atoms with Gasteiger partial charge in [0.25, 0.3) is 0 Å². The normalized spacial score (nSPS) is 13.9. The lowest BCUT2D eigenvalue weighted by atomic mass is 10.1. The lowest BCUT2D eigenvalue weighted by molar-refractivity contribution is -0.107. The van der Waals surface area contributed by atoms with Crippen LogP contribution in [0.15, 0.2) is 18.2 Å². The molecule has 0 fully saturated rings. The first-order valence-corrected chi connectivity index (χ1v) is 4.30. The van der Waals surface area contributed by atoms with E-state index in [0.717, 1.165) is 24.1 Å². The van der Waals surface area contributed by atoms with E-state index in [9.17, 15) is 9.59 Å². The van der Waals surface area contributed by atoms with Gasteiger partial charge in [-0.3, -0.25) is 4.79 Å². The van der Waals surface area contributed by atoms with Crippen LogP contribution in [-0.2, 0) is 11.2 Å². The van der Waals surface area contributed by atoms with Gasteiger partial charge in [0, 0.05) is 12.2 Å². The Kier molecular flexibility index (Phi) is 1.96. The first-order chi connectivity index (χ1) is 6.72. The monoisotopic (exact) mass is 191 g/mol. The molecule has 0 saturated heterocycles. The first-order valence-electron chi connectivity index (χ1n) is 4.30. The number of hydrogen-bond donors (Lipinski definition) is 1. The van der Waals surface area contributed by atoms with Gasteiger partial charge >= 0.3 is 5.97 Å². The van der Waals surface area contributed by atoms with Gasteiger partial charge in [0.2, 0.25) is 6.41 Å². The number of carboxylic acid groups (broad SMARTS) is 1. The van der Waals surface area contributed by atoms with Gasteiger partial charge in [-0.15, -0.1) is 0 Å². The van der Waals surface area contributed by atoms with Gasteiger partial charge in [-0.05, 0) is 30.2 Å². The van der Waals surface area contributed by atoms with Gasteiger partial charge in [0.15, 0.2) is 0 Å². The van der Waals surface area contributed by atoms with Crippen LogP contribution >= 0.6 is 0 Å². The third-order valence-corrected chi connectivity index (χ3v) is 2.39. The van der Waals surface area contributed by atoms with Crippen molar-refractivity contribution in [1.82, 2.24) is 0 Å². The van der Waals surface area contributed by atoms with E-state index in [1.807, 2.05) is 0 Å². The minimum atomic E-state index is -0.933. The topological polar surface area (TPSA) is 57.6 Å². The molecule has 1 N–H and O–H groups in total. The van der Waals surface area contributed by atoms with Crippen molar-refractivity contribution in [2.24, 2.45) is 0 Å². The summed E-state index contributed by atoms with van der Waals surface area (Å²) in [5.74, 6) is -0.933. The number of aromatic carboxylic acids is 1. The average molecular weight is 191 g/mol. The molecule has 1 aromatic rings. The molecule has 0 bridgehead atoms. The predicted molar refractivity (Wildman–Crippen MR) is 50.5 cm³/mol. The van der Waals surface area contributed by atoms with Gasteiger partial charge in [0.1, 0.15) is 0 Å². The molecule has 0 radical (unpaired) electrons. The summed E-state index contributed by atoms with van der Waals surface area (Å²) >= 11 is 0. The molecule has 2 rings (SSSR count). The summed E-state index contributed by atoms with van der Waals surface area (Å²) in [7, 11) is 0. The van der Waals surface area contributed by atoms with Crippen LogP contribution in [-0.4, -0.2) is 24.0 Å². The Morgan fingerprint density at radius 2 is 2.29 bits per heavy atom. The minimum absolute atomic E-state index is 0.275. The highest BCUT2D eigenvalue weighted by Crippen LogP contribution is 2.27. The molecule has 0 aromatic heterocycles. The van der Waals surface area contributed by atoms with Crippen LogP contribution in [0, 0.1) is 0 Å². The molecular formula is C10H9NO3. The van der Waals surface area contributed by atoms with Crippen LogP contribution in [0.5, 0.6) is 0 Å². The third-order valence-electron chi connectivity index (χ3n) is 2.39. The lowest BCUT2D eigenvalue weighted by Gasteiger charge is -2.09. The van der Waals surface area contributed by atoms with E-state index in [4.69, 9.17) is 5.11 Å². The van der Waals surface area contributed by atoms with Crippen molar-refractivity contribution in [2.75, 3.05) is 11.4 Å². The zero-order chi connectivity index (χ0) is 10.1. The molecule has 1 aliphatic rings. The van der Waals surface area contributed by atoms with E-state index in [0.29, 0.717) is 6.54 Å². The molecule has 72 valence electrons. The Balaban J connectivity index is 2.43. The van der Waals surface area contributed by atoms with E-state index in [-0.39, 0.29) is 5.56 Å². The standard InChI is InChI=1S/C10H9NO3/c12-6-11-4-3-7-5-8(10(13)14)1-2-9(7)11/h1-2,5-6H,3-4H2,(H,13,14). The van der Waals surface area contributed by atoms with Crippen LogP contribution in [0.1, 0.15) is 15.9 Å². The Bertz CT molecular complexity index is 400. The largest absolute Gasteiger partial charge is 0.478 e. The van der Waals surface area contributed by atoms with Crippen LogP contribution in [0.2, 0.25) is 0 Å². The summed E-state index contributed by atoms with van der Waals surface area (Å²) < 4.78 is 0. The van der Waals surface area contributed by atoms with Crippen molar-refractivity contribution in [3.8, 4) is 0 Å². The minimum Gasteiger partial charge on any atom is -0.478 e. The molecule has 0 atom stereocenters. The fraction of sp³-hybridized carbons (Fsp3) is 0.200. The lowest BCUT2D eigenvalue weighted by Crippen LogP contribution is -2.17. The van der Waals surface area contributed by atoms with Crippen molar-refractivity contribution in [3.63, 3.8) is 0 Å². The number of carboxylic acids is 1. The summed E-state index contributed by atoms with van der Waals surface area (Å²) in [5, 5.41) is 8.76. The smallest absolute Gasteiger partial charge is 0.335 e. The van der Waals surface area contributed by atoms with Crippen LogP contribution < -0.4 is 4.90 Å². The quantitative estimate of drug-likeness (QED) is 0.706. The van der Waals surface area contributed by atoms with Crippen molar-refractivity contribution in [3.05, 3.63) is 29.3 Å². The Labute approximate surface area is 80.8 Å². The van der Waals surface area contributed by atoms with E-state index in [2.05, 4.69) is 0 Å². The van der Waals surface area contributed by atoms with Crippen molar-refractivity contribution in [1.29, 1.82) is 0 Å². The molecule has 1 amide bonds. The Hall–Kier alpha value is -1.84. The highest BCUT2D eigenvalue weighted by Gasteiger charge is 2.19. The maximum Gasteiger partial charge on any atom is 0.335 e. The fourth-order valence-electron chi connectivity index (χ4n) is 1.67. The summed E-state index contributed by atoms with van der Waals surface area (Å²) in [6.07, 6.45) is 1.50. The Morgan fingerprint density at radius 1 is 1.50 bits per heavy atom. The molecule has 1 aliphatic heterocycles. The second-order valence-corrected chi connectivity index (χ2v) is 3.20. The van der Waals surface area contributed by atoms with E-state index in [1.54, 1.807) is 17.0 Å². The number of hydrogen-bond acceptors (Lipinski definition) is 2. The average Bonchev–Trinajstić information content (AvgIpc) is 2.59. The summed E-state index contributed by atoms with van der Waals surface area (Å²) in [4.78, 5) is 22.9. The van der Waals surface area contributed by atoms with Crippen molar-refractivity contribution in [2.45, 2.75) is 6.42 Å². The predicted octanol–water partition coefficient (Wildman–Crippen LogP) is 0.904. The second kappa shape index (κ2) is 3.14. The number of carbonyl (C=O) groups excluding carboxylic acids is 1. The maximum absolute atomic E-state index is 10.7. The molecule has 0 aliphatic carbocycles. The van der Waals surface area contributed by atoms with E-state index in [1.165, 1.54) is 6.07 Å². The van der Waals surface area contributed by atoms with Gasteiger partial charge in [0.05, 0.1) is 5.56 Å². The van der Waals surface area contributed by atoms with Gasteiger partial charge in [-0.25, -0.2) is 4.79 Å². The van der Waals surface area contributed by atoms with Gasteiger partial charge < -0.3 is 10.0 Å². The molecule has 4 heteroatoms. The molecular weight excluding hydrogens is 182 g/mol. The van der Waals surface area contributed by atoms with Crippen molar-refractivity contribution >= 4 is 18.1 Å². The molecule has 1 heterocycles. The molecule has 0 unspecified atom stereocenters. The second-order valence-electron chi connectivity index (χ2n) is 3.20. The number of rotatable bonds is 2. The third kappa shape index (κ3) is 1.25. The van der Waals surface area contributed by atoms with Gasteiger partial charge in [-0.2, -0.15) is 0 Å². The van der Waals surface area contributed by atoms with E-state index < -0.39 is 5.97 Å². The molecule has 0 saturated carbocycles. The SMILES string of the molecule is O=CN1CCc2cc(C(=O)O)ccc21. The number of benzene rings is 1. The number of nitrogens with zero attached hydrogens (tertiary/aromatic N) is 1. The highest BCUT2D eigenvalue weighted by molar-refractivity contribution is 5.90. The van der Waals surface area contributed by atoms with Crippen molar-refractivity contribution < 1.29 is 14.7 Å². The summed E-state index contributed by atoms with van der Waals surface area (Å²) in [6.45, 7) is 0.641. The zero-order valence-electron chi connectivity index (χ0n) is 7.43. The molecule has 4 nitrogen and oxygen atoms in total. The summed E-state index contributed by atoms with van der Waals surface area (Å²) in [6, 6.07) is 4.82. The van der Waals surface area contributed by atoms with Crippen LogP contribution in [0.4, 0.5) is 5.69 Å². The Morgan fingerprint density at radius 3 is 2.93 bits per heavy atom. The molecule has 1 aromatic carbocycles. The molecule has 0 spiro atoms. The number of amides is 1. The maximum atomic E-state index is 10.7. The highest BCUT2D eigenvalue weighted by atomic mass is 16.4. The number of fused-ring (bicyclic) bond motifs is 1. The summed E-state index contributed by atoms with van der Waals surface area (Å²) in [5.41, 5.74) is 2.03. The number of carbonyl (C=O) groups is 2. The number of anilines is 1. The van der Waals surface area contributed by atoms with Crippen LogP contribution in [0.25, 0.3) is 0 Å². The first kappa shape index (κ1) is 8.74. The zero-order valence-corrected chi connectivity index (χ0v) is 7.43. The van der Waals surface area contributed by atoms with Crippen LogP contribution in [0.3, 0.4) is 0 Å². The fourth-order valence-corrected chi connectivity index (χ4v) is 1.67. The van der Waals surface area contributed by atoms with Gasteiger partial charge in [-0.1, -0.05) is 0 Å². The molecule has 14 heavy (non-hydrogen) atoms. The van der Waals surface area contributed by atoms with E-state index >= 15 is 0 Å².